The van der Waals surface area contributed by atoms with E-state index in [0.29, 0.717) is 5.56 Å². The second-order valence-electron chi connectivity index (χ2n) is 6.16. The zero-order valence-corrected chi connectivity index (χ0v) is 14.3. The molecule has 0 radical (unpaired) electrons. The quantitative estimate of drug-likeness (QED) is 0.462. The Bertz CT molecular complexity index is 593. The number of carbonyl (C=O) groups excluding carboxylic acids is 1. The Hall–Kier alpha value is -2.45. The first-order valence-electron chi connectivity index (χ1n) is 7.55. The summed E-state index contributed by atoms with van der Waals surface area (Å²) in [4.78, 5) is 15.6. The van der Waals surface area contributed by atoms with Crippen LogP contribution in [0.2, 0.25) is 0 Å². The maximum absolute atomic E-state index is 12.1. The molecule has 0 saturated heterocycles. The van der Waals surface area contributed by atoms with Crippen LogP contribution >= 0.6 is 0 Å². The number of benzene rings is 1. The second-order valence-corrected chi connectivity index (χ2v) is 6.16. The summed E-state index contributed by atoms with van der Waals surface area (Å²) in [6.07, 6.45) is -4.58. The Labute approximate surface area is 144 Å². The van der Waals surface area contributed by atoms with Gasteiger partial charge in [-0.05, 0) is 38.5 Å². The van der Waals surface area contributed by atoms with Crippen LogP contribution < -0.4 is 15.8 Å². The Kier molecular flexibility index (Phi) is 7.08. The van der Waals surface area contributed by atoms with Gasteiger partial charge in [0.25, 0.3) is 0 Å². The molecule has 0 spiro atoms. The molecule has 140 valence electrons. The molecule has 0 aromatic heterocycles. The zero-order valence-electron chi connectivity index (χ0n) is 14.3. The number of esters is 1. The molecule has 3 N–H and O–H groups in total. The van der Waals surface area contributed by atoms with Crippen molar-refractivity contribution in [3.63, 3.8) is 0 Å². The lowest BCUT2D eigenvalue weighted by Crippen LogP contribution is -2.34. The van der Waals surface area contributed by atoms with Gasteiger partial charge in [-0.15, -0.1) is 13.2 Å². The highest BCUT2D eigenvalue weighted by molar-refractivity contribution is 5.78. The minimum Gasteiger partial charge on any atom is -0.460 e. The van der Waals surface area contributed by atoms with Crippen molar-refractivity contribution in [3.05, 3.63) is 29.8 Å². The van der Waals surface area contributed by atoms with E-state index in [2.05, 4.69) is 15.0 Å². The number of halogens is 3. The number of carbonyl (C=O) groups is 1. The van der Waals surface area contributed by atoms with Gasteiger partial charge in [-0.3, -0.25) is 4.79 Å². The molecule has 1 rings (SSSR count). The summed E-state index contributed by atoms with van der Waals surface area (Å²) in [6.45, 7) is 5.78. The first kappa shape index (κ1) is 20.6. The third-order valence-electron chi connectivity index (χ3n) is 2.64. The van der Waals surface area contributed by atoms with Gasteiger partial charge >= 0.3 is 12.3 Å². The van der Waals surface area contributed by atoms with Crippen LogP contribution in [0.5, 0.6) is 5.75 Å². The fraction of sp³-hybridized carbons (Fsp3) is 0.500. The van der Waals surface area contributed by atoms with Crippen molar-refractivity contribution in [3.8, 4) is 5.75 Å². The van der Waals surface area contributed by atoms with Crippen LogP contribution in [0.15, 0.2) is 29.3 Å². The van der Waals surface area contributed by atoms with E-state index in [1.807, 2.05) is 0 Å². The minimum atomic E-state index is -4.72. The van der Waals surface area contributed by atoms with Gasteiger partial charge in [0, 0.05) is 6.54 Å². The van der Waals surface area contributed by atoms with E-state index in [0.717, 1.165) is 0 Å². The first-order chi connectivity index (χ1) is 11.4. The molecule has 0 aliphatic heterocycles. The molecule has 1 aromatic rings. The van der Waals surface area contributed by atoms with Gasteiger partial charge < -0.3 is 20.5 Å². The van der Waals surface area contributed by atoms with Crippen LogP contribution in [-0.4, -0.2) is 30.4 Å². The molecular formula is C16H22F3N3O3. The largest absolute Gasteiger partial charge is 0.573 e. The molecule has 25 heavy (non-hydrogen) atoms. The Morgan fingerprint density at radius 2 is 1.80 bits per heavy atom. The minimum absolute atomic E-state index is 0.124. The van der Waals surface area contributed by atoms with Gasteiger partial charge in [0.2, 0.25) is 0 Å². The monoisotopic (exact) mass is 361 g/mol. The van der Waals surface area contributed by atoms with E-state index >= 15 is 0 Å². The Balaban J connectivity index is 2.39. The van der Waals surface area contributed by atoms with Crippen molar-refractivity contribution in [2.45, 2.75) is 45.7 Å². The van der Waals surface area contributed by atoms with Gasteiger partial charge in [-0.1, -0.05) is 12.1 Å². The summed E-state index contributed by atoms with van der Waals surface area (Å²) in [5.41, 5.74) is 5.78. The lowest BCUT2D eigenvalue weighted by atomic mass is 10.2. The molecule has 0 heterocycles. The zero-order chi connectivity index (χ0) is 19.1. The second kappa shape index (κ2) is 8.59. The maximum atomic E-state index is 12.1. The van der Waals surface area contributed by atoms with E-state index in [1.165, 1.54) is 24.3 Å². The van der Waals surface area contributed by atoms with Crippen molar-refractivity contribution < 1.29 is 27.4 Å². The maximum Gasteiger partial charge on any atom is 0.573 e. The van der Waals surface area contributed by atoms with E-state index in [1.54, 1.807) is 20.8 Å². The molecule has 0 atom stereocenters. The summed E-state index contributed by atoms with van der Waals surface area (Å²) < 4.78 is 45.1. The number of alkyl halides is 3. The summed E-state index contributed by atoms with van der Waals surface area (Å²) in [5, 5.41) is 2.77. The van der Waals surface area contributed by atoms with Crippen molar-refractivity contribution in [2.24, 2.45) is 10.7 Å². The predicted octanol–water partition coefficient (Wildman–Crippen LogP) is 2.72. The SMILES string of the molecule is CC(C)(C)OC(=O)CCNC(N)=NCc1ccc(OC(F)(F)F)cc1. The summed E-state index contributed by atoms with van der Waals surface area (Å²) >= 11 is 0. The third kappa shape index (κ3) is 10.1. The fourth-order valence-electron chi connectivity index (χ4n) is 1.71. The molecule has 6 nitrogen and oxygen atoms in total. The van der Waals surface area contributed by atoms with Crippen molar-refractivity contribution >= 4 is 11.9 Å². The number of nitrogens with two attached hydrogens (primary N) is 1. The number of guanidine groups is 1. The molecule has 0 aliphatic carbocycles. The number of aliphatic imine (C=N–C) groups is 1. The highest BCUT2D eigenvalue weighted by Gasteiger charge is 2.30. The normalized spacial score (nSPS) is 12.6. The number of nitrogens with one attached hydrogen (secondary N) is 1. The highest BCUT2D eigenvalue weighted by atomic mass is 19.4. The van der Waals surface area contributed by atoms with Gasteiger partial charge in [0.15, 0.2) is 5.96 Å². The molecular weight excluding hydrogens is 339 g/mol. The Morgan fingerprint density at radius 3 is 2.32 bits per heavy atom. The standard InChI is InChI=1S/C16H22F3N3O3/c1-15(2,3)25-13(23)8-9-21-14(20)22-10-11-4-6-12(7-5-11)24-16(17,18)19/h4-7H,8-10H2,1-3H3,(H3,20,21,22). The number of hydrogen-bond acceptors (Lipinski definition) is 4. The number of ether oxygens (including phenoxy) is 2. The number of rotatable bonds is 6. The average Bonchev–Trinajstić information content (AvgIpc) is 2.43. The first-order valence-corrected chi connectivity index (χ1v) is 7.55. The lowest BCUT2D eigenvalue weighted by molar-refractivity contribution is -0.274. The van der Waals surface area contributed by atoms with Crippen LogP contribution in [0.4, 0.5) is 13.2 Å². The third-order valence-corrected chi connectivity index (χ3v) is 2.64. The summed E-state index contributed by atoms with van der Waals surface area (Å²) in [6, 6.07) is 5.31. The average molecular weight is 361 g/mol. The van der Waals surface area contributed by atoms with Gasteiger partial charge in [0.1, 0.15) is 11.4 Å². The topological polar surface area (TPSA) is 85.9 Å². The molecule has 9 heteroatoms. The summed E-state index contributed by atoms with van der Waals surface area (Å²) in [5.74, 6) is -0.532. The van der Waals surface area contributed by atoms with Crippen LogP contribution in [0, 0.1) is 0 Å². The van der Waals surface area contributed by atoms with Crippen LogP contribution in [-0.2, 0) is 16.1 Å². The Morgan fingerprint density at radius 1 is 1.20 bits per heavy atom. The van der Waals surface area contributed by atoms with Crippen LogP contribution in [0.3, 0.4) is 0 Å². The van der Waals surface area contributed by atoms with Gasteiger partial charge in [-0.2, -0.15) is 0 Å². The van der Waals surface area contributed by atoms with Gasteiger partial charge in [-0.25, -0.2) is 4.99 Å². The lowest BCUT2D eigenvalue weighted by Gasteiger charge is -2.19. The fourth-order valence-corrected chi connectivity index (χ4v) is 1.71. The molecule has 0 unspecified atom stereocenters. The molecule has 0 fully saturated rings. The van der Waals surface area contributed by atoms with Crippen LogP contribution in [0.25, 0.3) is 0 Å². The predicted molar refractivity (Wildman–Crippen MR) is 86.9 cm³/mol. The highest BCUT2D eigenvalue weighted by Crippen LogP contribution is 2.22. The van der Waals surface area contributed by atoms with Crippen molar-refractivity contribution in [1.82, 2.24) is 5.32 Å². The molecule has 1 aromatic carbocycles. The van der Waals surface area contributed by atoms with E-state index in [9.17, 15) is 18.0 Å². The van der Waals surface area contributed by atoms with Crippen molar-refractivity contribution in [2.75, 3.05) is 6.54 Å². The van der Waals surface area contributed by atoms with Gasteiger partial charge in [0.05, 0.1) is 13.0 Å². The molecule has 0 saturated carbocycles. The summed E-state index contributed by atoms with van der Waals surface area (Å²) in [7, 11) is 0. The number of nitrogens with zero attached hydrogens (tertiary/aromatic N) is 1. The molecule has 0 bridgehead atoms. The van der Waals surface area contributed by atoms with Crippen molar-refractivity contribution in [1.29, 1.82) is 0 Å². The smallest absolute Gasteiger partial charge is 0.460 e. The van der Waals surface area contributed by atoms with E-state index < -0.39 is 12.0 Å². The number of hydrogen-bond donors (Lipinski definition) is 2. The molecule has 0 aliphatic rings. The van der Waals surface area contributed by atoms with E-state index in [4.69, 9.17) is 10.5 Å². The van der Waals surface area contributed by atoms with Crippen LogP contribution in [0.1, 0.15) is 32.8 Å². The molecule has 0 amide bonds. The van der Waals surface area contributed by atoms with E-state index in [-0.39, 0.29) is 37.2 Å².